The van der Waals surface area contributed by atoms with Crippen LogP contribution in [0.4, 0.5) is 0 Å². The van der Waals surface area contributed by atoms with E-state index in [0.717, 1.165) is 13.1 Å². The third-order valence-corrected chi connectivity index (χ3v) is 4.24. The van der Waals surface area contributed by atoms with E-state index < -0.39 is 0 Å². The molecule has 0 aromatic carbocycles. The third kappa shape index (κ3) is 4.20. The summed E-state index contributed by atoms with van der Waals surface area (Å²) in [4.78, 5) is 11.6. The molecule has 2 rings (SSSR count). The zero-order chi connectivity index (χ0) is 14.8. The van der Waals surface area contributed by atoms with Gasteiger partial charge in [-0.25, -0.2) is 0 Å². The molecular weight excluding hydrogens is 248 g/mol. The monoisotopic (exact) mass is 276 g/mol. The van der Waals surface area contributed by atoms with Gasteiger partial charge in [-0.15, -0.1) is 0 Å². The van der Waals surface area contributed by atoms with E-state index in [1.165, 1.54) is 19.3 Å². The SMILES string of the molecule is CC1(C)CC(NCCn2ccccc2=O)CC(C)(C)C1. The number of nitrogens with one attached hydrogen (secondary N) is 1. The number of pyridine rings is 1. The molecule has 1 aromatic rings. The third-order valence-electron chi connectivity index (χ3n) is 4.24. The van der Waals surface area contributed by atoms with E-state index in [-0.39, 0.29) is 5.56 Å². The first kappa shape index (κ1) is 15.3. The molecule has 3 nitrogen and oxygen atoms in total. The second-order valence-electron chi connectivity index (χ2n) is 7.80. The van der Waals surface area contributed by atoms with Crippen LogP contribution in [-0.4, -0.2) is 17.2 Å². The van der Waals surface area contributed by atoms with Gasteiger partial charge >= 0.3 is 0 Å². The Hall–Kier alpha value is -1.09. The van der Waals surface area contributed by atoms with Gasteiger partial charge < -0.3 is 9.88 Å². The molecule has 1 aliphatic rings. The number of nitrogens with zero attached hydrogens (tertiary/aromatic N) is 1. The lowest BCUT2D eigenvalue weighted by Gasteiger charge is -2.45. The molecule has 0 radical (unpaired) electrons. The molecule has 3 heteroatoms. The maximum Gasteiger partial charge on any atom is 0.250 e. The molecule has 1 saturated carbocycles. The van der Waals surface area contributed by atoms with E-state index in [9.17, 15) is 4.79 Å². The molecule has 0 unspecified atom stereocenters. The minimum absolute atomic E-state index is 0.0820. The summed E-state index contributed by atoms with van der Waals surface area (Å²) in [5.74, 6) is 0. The van der Waals surface area contributed by atoms with Gasteiger partial charge in [0.05, 0.1) is 0 Å². The van der Waals surface area contributed by atoms with E-state index in [1.54, 1.807) is 16.7 Å². The van der Waals surface area contributed by atoms with Gasteiger partial charge in [-0.05, 0) is 36.2 Å². The van der Waals surface area contributed by atoms with Crippen LogP contribution in [0.25, 0.3) is 0 Å². The van der Waals surface area contributed by atoms with Crippen LogP contribution >= 0.6 is 0 Å². The van der Waals surface area contributed by atoms with Crippen molar-refractivity contribution in [3.63, 3.8) is 0 Å². The molecule has 1 fully saturated rings. The number of rotatable bonds is 4. The Labute approximate surface area is 122 Å². The van der Waals surface area contributed by atoms with Gasteiger partial charge in [0.1, 0.15) is 0 Å². The van der Waals surface area contributed by atoms with Gasteiger partial charge in [0.25, 0.3) is 5.56 Å². The smallest absolute Gasteiger partial charge is 0.250 e. The molecule has 0 amide bonds. The Balaban J connectivity index is 1.88. The summed E-state index contributed by atoms with van der Waals surface area (Å²) < 4.78 is 1.77. The molecule has 20 heavy (non-hydrogen) atoms. The summed E-state index contributed by atoms with van der Waals surface area (Å²) in [6, 6.07) is 5.88. The fraction of sp³-hybridized carbons (Fsp3) is 0.706. The highest BCUT2D eigenvalue weighted by atomic mass is 16.1. The van der Waals surface area contributed by atoms with Crippen molar-refractivity contribution >= 4 is 0 Å². The highest BCUT2D eigenvalue weighted by Crippen LogP contribution is 2.45. The molecular formula is C17H28N2O. The van der Waals surface area contributed by atoms with Crippen LogP contribution in [0, 0.1) is 10.8 Å². The minimum atomic E-state index is 0.0820. The molecule has 0 spiro atoms. The summed E-state index contributed by atoms with van der Waals surface area (Å²) in [5, 5.41) is 3.65. The first-order chi connectivity index (χ1) is 9.27. The topological polar surface area (TPSA) is 34.0 Å². The molecule has 0 atom stereocenters. The summed E-state index contributed by atoms with van der Waals surface area (Å²) >= 11 is 0. The number of hydrogen-bond donors (Lipinski definition) is 1. The Kier molecular flexibility index (Phi) is 4.38. The maximum atomic E-state index is 11.6. The van der Waals surface area contributed by atoms with Crippen molar-refractivity contribution in [2.24, 2.45) is 10.8 Å². The zero-order valence-corrected chi connectivity index (χ0v) is 13.3. The lowest BCUT2D eigenvalue weighted by molar-refractivity contribution is 0.0848. The van der Waals surface area contributed by atoms with Gasteiger partial charge in [0.15, 0.2) is 0 Å². The first-order valence-corrected chi connectivity index (χ1v) is 7.66. The molecule has 0 saturated heterocycles. The molecule has 1 aromatic heterocycles. The van der Waals surface area contributed by atoms with Gasteiger partial charge in [-0.1, -0.05) is 33.8 Å². The zero-order valence-electron chi connectivity index (χ0n) is 13.3. The van der Waals surface area contributed by atoms with Crippen LogP contribution in [0.2, 0.25) is 0 Å². The highest BCUT2D eigenvalue weighted by molar-refractivity contribution is 4.94. The second kappa shape index (κ2) is 5.72. The van der Waals surface area contributed by atoms with E-state index in [1.807, 2.05) is 12.3 Å². The standard InChI is InChI=1S/C17H28N2O/c1-16(2)11-14(12-17(3,4)13-16)18-8-10-19-9-6-5-7-15(19)20/h5-7,9,14,18H,8,10-13H2,1-4H3. The van der Waals surface area contributed by atoms with Gasteiger partial charge in [0.2, 0.25) is 0 Å². The van der Waals surface area contributed by atoms with E-state index in [2.05, 4.69) is 33.0 Å². The van der Waals surface area contributed by atoms with Crippen molar-refractivity contribution in [1.82, 2.24) is 9.88 Å². The summed E-state index contributed by atoms with van der Waals surface area (Å²) in [6.45, 7) is 11.1. The lowest BCUT2D eigenvalue weighted by atomic mass is 9.63. The molecule has 1 heterocycles. The van der Waals surface area contributed by atoms with Crippen LogP contribution in [0.15, 0.2) is 29.2 Å². The maximum absolute atomic E-state index is 11.6. The Bertz CT molecular complexity index is 486. The largest absolute Gasteiger partial charge is 0.314 e. The average molecular weight is 276 g/mol. The quantitative estimate of drug-likeness (QED) is 0.917. The van der Waals surface area contributed by atoms with E-state index >= 15 is 0 Å². The van der Waals surface area contributed by atoms with E-state index in [0.29, 0.717) is 16.9 Å². The average Bonchev–Trinajstić information content (AvgIpc) is 2.27. The van der Waals surface area contributed by atoms with Crippen LogP contribution in [-0.2, 0) is 6.54 Å². The molecule has 112 valence electrons. The van der Waals surface area contributed by atoms with Crippen molar-refractivity contribution in [2.45, 2.75) is 59.5 Å². The predicted octanol–water partition coefficient (Wildman–Crippen LogP) is 3.04. The molecule has 0 bridgehead atoms. The summed E-state index contributed by atoms with van der Waals surface area (Å²) in [7, 11) is 0. The summed E-state index contributed by atoms with van der Waals surface area (Å²) in [6.07, 6.45) is 5.59. The van der Waals surface area contributed by atoms with Crippen molar-refractivity contribution in [3.8, 4) is 0 Å². The van der Waals surface area contributed by atoms with Gasteiger partial charge in [-0.3, -0.25) is 4.79 Å². The van der Waals surface area contributed by atoms with Crippen molar-refractivity contribution < 1.29 is 0 Å². The minimum Gasteiger partial charge on any atom is -0.314 e. The Morgan fingerprint density at radius 1 is 1.20 bits per heavy atom. The van der Waals surface area contributed by atoms with Gasteiger partial charge in [-0.2, -0.15) is 0 Å². The fourth-order valence-electron chi connectivity index (χ4n) is 4.02. The van der Waals surface area contributed by atoms with Crippen molar-refractivity contribution in [3.05, 3.63) is 34.7 Å². The highest BCUT2D eigenvalue weighted by Gasteiger charge is 2.37. The van der Waals surface area contributed by atoms with Crippen molar-refractivity contribution in [2.75, 3.05) is 6.54 Å². The molecule has 0 aliphatic heterocycles. The van der Waals surface area contributed by atoms with E-state index in [4.69, 9.17) is 0 Å². The fourth-order valence-corrected chi connectivity index (χ4v) is 4.02. The lowest BCUT2D eigenvalue weighted by Crippen LogP contribution is -2.45. The van der Waals surface area contributed by atoms with Gasteiger partial charge in [0, 0.05) is 31.4 Å². The Morgan fingerprint density at radius 3 is 2.45 bits per heavy atom. The molecule has 1 N–H and O–H groups in total. The summed E-state index contributed by atoms with van der Waals surface area (Å²) in [5.41, 5.74) is 0.894. The Morgan fingerprint density at radius 2 is 1.85 bits per heavy atom. The van der Waals surface area contributed by atoms with Crippen LogP contribution < -0.4 is 10.9 Å². The van der Waals surface area contributed by atoms with Crippen molar-refractivity contribution in [1.29, 1.82) is 0 Å². The van der Waals surface area contributed by atoms with Crippen LogP contribution in [0.3, 0.4) is 0 Å². The van der Waals surface area contributed by atoms with Crippen LogP contribution in [0.1, 0.15) is 47.0 Å². The number of aromatic nitrogens is 1. The van der Waals surface area contributed by atoms with Crippen LogP contribution in [0.5, 0.6) is 0 Å². The first-order valence-electron chi connectivity index (χ1n) is 7.66. The molecule has 1 aliphatic carbocycles. The number of hydrogen-bond acceptors (Lipinski definition) is 2. The predicted molar refractivity (Wildman–Crippen MR) is 83.9 cm³/mol. The second-order valence-corrected chi connectivity index (χ2v) is 7.80. The normalized spacial score (nSPS) is 21.8.